The average Bonchev–Trinajstić information content (AvgIpc) is 0.838. The molecule has 12 N–H and O–H groups in total. The Bertz CT molecular complexity index is 1810. The molecule has 3 saturated heterocycles. The highest BCUT2D eigenvalue weighted by Gasteiger charge is 2.53. The third-order valence-corrected chi connectivity index (χ3v) is 18.7. The fourth-order valence-electron chi connectivity index (χ4n) is 12.6. The maximum Gasteiger partial charge on any atom is 0.220 e. The third-order valence-electron chi connectivity index (χ3n) is 18.7. The van der Waals surface area contributed by atoms with Gasteiger partial charge < -0.3 is 89.9 Å². The largest absolute Gasteiger partial charge is 0.394 e. The van der Waals surface area contributed by atoms with E-state index < -0.39 is 124 Å². The standard InChI is InChI=1S/C73H135NO18/c1-3-5-7-9-11-13-15-17-19-21-23-24-25-26-27-28-29-30-31-32-33-34-36-38-40-42-44-46-48-50-57(78)56(74-61(79)51-49-47-45-43-41-39-37-35-22-20-18-16-14-12-10-8-6-4-2)55-87-71-67(85)64(82)69(59(53-76)89-71)92-73-68(86)65(83)70(60(54-77)90-73)91-72-66(84)63(81)62(80)58(52-75)88-72/h14,16,20,22,48,50,56-60,62-73,75-78,80-86H,3-13,15,17-19,21,23-47,49,51-55H2,1-2H3,(H,74,79)/b16-14-,22-20-,50-48+. The smallest absolute Gasteiger partial charge is 0.220 e. The second-order valence-corrected chi connectivity index (χ2v) is 26.8. The van der Waals surface area contributed by atoms with Gasteiger partial charge in [-0.2, -0.15) is 0 Å². The summed E-state index contributed by atoms with van der Waals surface area (Å²) in [6.45, 7) is 1.74. The van der Waals surface area contributed by atoms with Crippen molar-refractivity contribution in [1.82, 2.24) is 5.32 Å². The molecule has 3 heterocycles. The highest BCUT2D eigenvalue weighted by atomic mass is 16.8. The van der Waals surface area contributed by atoms with E-state index in [1.54, 1.807) is 6.08 Å². The maximum atomic E-state index is 13.4. The van der Waals surface area contributed by atoms with Crippen molar-refractivity contribution >= 4 is 5.91 Å². The minimum absolute atomic E-state index is 0.235. The van der Waals surface area contributed by atoms with Gasteiger partial charge in [0, 0.05) is 6.42 Å². The van der Waals surface area contributed by atoms with Crippen LogP contribution in [0, 0.1) is 0 Å². The normalized spacial score (nSPS) is 27.9. The minimum Gasteiger partial charge on any atom is -0.394 e. The van der Waals surface area contributed by atoms with Crippen LogP contribution in [-0.2, 0) is 33.2 Å². The van der Waals surface area contributed by atoms with Crippen LogP contribution in [0.4, 0.5) is 0 Å². The zero-order valence-corrected chi connectivity index (χ0v) is 57.3. The lowest BCUT2D eigenvalue weighted by Crippen LogP contribution is -2.66. The van der Waals surface area contributed by atoms with Gasteiger partial charge >= 0.3 is 0 Å². The molecule has 0 bridgehead atoms. The number of carbonyl (C=O) groups excluding carboxylic acids is 1. The number of rotatable bonds is 58. The van der Waals surface area contributed by atoms with E-state index >= 15 is 0 Å². The first-order valence-corrected chi connectivity index (χ1v) is 37.2. The second-order valence-electron chi connectivity index (χ2n) is 26.8. The lowest BCUT2D eigenvalue weighted by Gasteiger charge is -2.48. The minimum atomic E-state index is -1.98. The van der Waals surface area contributed by atoms with Crippen molar-refractivity contribution < 1.29 is 89.4 Å². The molecule has 19 heteroatoms. The van der Waals surface area contributed by atoms with Crippen molar-refractivity contribution in [2.75, 3.05) is 26.4 Å². The fourth-order valence-corrected chi connectivity index (χ4v) is 12.6. The molecule has 0 aromatic carbocycles. The Balaban J connectivity index is 1.40. The number of amides is 1. The molecule has 3 fully saturated rings. The molecule has 0 aromatic heterocycles. The molecule has 17 unspecified atom stereocenters. The summed E-state index contributed by atoms with van der Waals surface area (Å²) in [5.41, 5.74) is 0. The first kappa shape index (κ1) is 84.2. The highest BCUT2D eigenvalue weighted by molar-refractivity contribution is 5.76. The Hall–Kier alpha value is -1.99. The quantitative estimate of drug-likeness (QED) is 0.0199. The van der Waals surface area contributed by atoms with E-state index in [2.05, 4.69) is 43.5 Å². The second kappa shape index (κ2) is 55.0. The number of hydrogen-bond acceptors (Lipinski definition) is 18. The topological polar surface area (TPSA) is 307 Å². The lowest BCUT2D eigenvalue weighted by molar-refractivity contribution is -0.379. The SMILES string of the molecule is CCCCCC/C=C\C/C=C\CCCCCCCCCC(=O)NC(COC1OC(CO)C(OC2OC(CO)C(OC3OC(CO)C(O)C(O)C3O)C(O)C2O)C(O)C1O)C(O)/C=C/CCCCCCCCCCCCCCCCCCCCCCCCCCCCC. The number of unbranched alkanes of at least 4 members (excludes halogenated alkanes) is 38. The third kappa shape index (κ3) is 36.0. The summed E-state index contributed by atoms with van der Waals surface area (Å²) >= 11 is 0. The summed E-state index contributed by atoms with van der Waals surface area (Å²) in [5.74, 6) is -0.281. The van der Waals surface area contributed by atoms with E-state index in [0.29, 0.717) is 6.42 Å². The van der Waals surface area contributed by atoms with E-state index in [4.69, 9.17) is 28.4 Å². The molecule has 0 spiro atoms. The molecule has 3 aliphatic rings. The summed E-state index contributed by atoms with van der Waals surface area (Å²) in [5, 5.41) is 121. The van der Waals surface area contributed by atoms with Crippen LogP contribution >= 0.6 is 0 Å². The number of ether oxygens (including phenoxy) is 6. The van der Waals surface area contributed by atoms with E-state index in [1.807, 2.05) is 6.08 Å². The number of aliphatic hydroxyl groups excluding tert-OH is 11. The van der Waals surface area contributed by atoms with Gasteiger partial charge in [-0.25, -0.2) is 0 Å². The van der Waals surface area contributed by atoms with Crippen molar-refractivity contribution in [2.45, 2.75) is 394 Å². The van der Waals surface area contributed by atoms with Crippen molar-refractivity contribution in [1.29, 1.82) is 0 Å². The zero-order valence-electron chi connectivity index (χ0n) is 57.3. The van der Waals surface area contributed by atoms with Crippen molar-refractivity contribution in [3.8, 4) is 0 Å². The number of aliphatic hydroxyl groups is 11. The van der Waals surface area contributed by atoms with Gasteiger partial charge in [0.15, 0.2) is 18.9 Å². The van der Waals surface area contributed by atoms with Crippen LogP contribution in [-0.4, -0.2) is 193 Å². The summed E-state index contributed by atoms with van der Waals surface area (Å²) in [7, 11) is 0. The Morgan fingerprint density at radius 1 is 0.391 bits per heavy atom. The first-order valence-electron chi connectivity index (χ1n) is 37.2. The van der Waals surface area contributed by atoms with Crippen LogP contribution in [0.3, 0.4) is 0 Å². The van der Waals surface area contributed by atoms with Gasteiger partial charge in [-0.15, -0.1) is 0 Å². The van der Waals surface area contributed by atoms with Gasteiger partial charge in [-0.05, 0) is 51.4 Å². The molecule has 0 saturated carbocycles. The number of allylic oxidation sites excluding steroid dienone is 5. The first-order chi connectivity index (χ1) is 44.8. The van der Waals surface area contributed by atoms with Crippen molar-refractivity contribution in [2.24, 2.45) is 0 Å². The predicted molar refractivity (Wildman–Crippen MR) is 360 cm³/mol. The van der Waals surface area contributed by atoms with Crippen molar-refractivity contribution in [3.63, 3.8) is 0 Å². The molecule has 92 heavy (non-hydrogen) atoms. The van der Waals surface area contributed by atoms with Crippen LogP contribution in [0.5, 0.6) is 0 Å². The molecular weight excluding hydrogens is 1180 g/mol. The molecule has 19 nitrogen and oxygen atoms in total. The van der Waals surface area contributed by atoms with E-state index in [-0.39, 0.29) is 18.9 Å². The molecule has 17 atom stereocenters. The van der Waals surface area contributed by atoms with Crippen LogP contribution in [0.25, 0.3) is 0 Å². The molecule has 540 valence electrons. The van der Waals surface area contributed by atoms with Gasteiger partial charge in [0.2, 0.25) is 5.91 Å². The Morgan fingerprint density at radius 3 is 1.12 bits per heavy atom. The summed E-state index contributed by atoms with van der Waals surface area (Å²) in [6, 6.07) is -0.978. The summed E-state index contributed by atoms with van der Waals surface area (Å²) in [6.07, 6.45) is 38.4. The lowest BCUT2D eigenvalue weighted by atomic mass is 9.96. The molecule has 0 aromatic rings. The Labute approximate surface area is 555 Å². The van der Waals surface area contributed by atoms with Gasteiger partial charge in [0.1, 0.15) is 73.2 Å². The van der Waals surface area contributed by atoms with E-state index in [1.165, 1.54) is 180 Å². The van der Waals surface area contributed by atoms with Crippen LogP contribution < -0.4 is 5.32 Å². The van der Waals surface area contributed by atoms with E-state index in [9.17, 15) is 61.0 Å². The predicted octanol–water partition coefficient (Wildman–Crippen LogP) is 10.8. The van der Waals surface area contributed by atoms with Gasteiger partial charge in [0.05, 0.1) is 38.6 Å². The van der Waals surface area contributed by atoms with Crippen molar-refractivity contribution in [3.05, 3.63) is 36.5 Å². The molecular formula is C73H135NO18. The summed E-state index contributed by atoms with van der Waals surface area (Å²) in [4.78, 5) is 13.4. The van der Waals surface area contributed by atoms with E-state index in [0.717, 1.165) is 83.5 Å². The number of hydrogen-bond donors (Lipinski definition) is 12. The van der Waals surface area contributed by atoms with Crippen LogP contribution in [0.2, 0.25) is 0 Å². The average molecular weight is 1310 g/mol. The molecule has 3 aliphatic heterocycles. The molecule has 1 amide bonds. The van der Waals surface area contributed by atoms with Gasteiger partial charge in [0.25, 0.3) is 0 Å². The molecule has 3 rings (SSSR count). The highest BCUT2D eigenvalue weighted by Crippen LogP contribution is 2.33. The Morgan fingerprint density at radius 2 is 0.717 bits per heavy atom. The summed E-state index contributed by atoms with van der Waals surface area (Å²) < 4.78 is 34.4. The molecule has 0 aliphatic carbocycles. The Kier molecular flexibility index (Phi) is 50.3. The number of carbonyl (C=O) groups is 1. The zero-order chi connectivity index (χ0) is 66.8. The van der Waals surface area contributed by atoms with Gasteiger partial charge in [-0.3, -0.25) is 4.79 Å². The number of nitrogens with one attached hydrogen (secondary N) is 1. The van der Waals surface area contributed by atoms with Crippen LogP contribution in [0.15, 0.2) is 36.5 Å². The monoisotopic (exact) mass is 1310 g/mol. The van der Waals surface area contributed by atoms with Crippen LogP contribution in [0.1, 0.15) is 290 Å². The van der Waals surface area contributed by atoms with Gasteiger partial charge in [-0.1, -0.05) is 269 Å². The maximum absolute atomic E-state index is 13.4. The fraction of sp³-hybridized carbons (Fsp3) is 0.904. The molecule has 0 radical (unpaired) electrons.